The summed E-state index contributed by atoms with van der Waals surface area (Å²) in [5.74, 6) is 0.280. The number of hydrogen-bond acceptors (Lipinski definition) is 3. The molecular formula is C14H18N2O2. The average molecular weight is 246 g/mol. The molecule has 1 amide bonds. The monoisotopic (exact) mass is 246 g/mol. The van der Waals surface area contributed by atoms with Crippen molar-refractivity contribution < 1.29 is 9.21 Å². The van der Waals surface area contributed by atoms with Crippen LogP contribution in [0.4, 0.5) is 0 Å². The van der Waals surface area contributed by atoms with Gasteiger partial charge in [0.1, 0.15) is 5.58 Å². The van der Waals surface area contributed by atoms with E-state index >= 15 is 0 Å². The zero-order valence-corrected chi connectivity index (χ0v) is 10.8. The van der Waals surface area contributed by atoms with Gasteiger partial charge in [0.2, 0.25) is 0 Å². The molecule has 0 saturated carbocycles. The van der Waals surface area contributed by atoms with Gasteiger partial charge < -0.3 is 15.1 Å². The first kappa shape index (κ1) is 12.6. The van der Waals surface area contributed by atoms with Crippen LogP contribution in [-0.4, -0.2) is 30.4 Å². The smallest absolute Gasteiger partial charge is 0.289 e. The van der Waals surface area contributed by atoms with Crippen molar-refractivity contribution in [2.45, 2.75) is 13.8 Å². The van der Waals surface area contributed by atoms with Gasteiger partial charge in [-0.3, -0.25) is 4.79 Å². The highest BCUT2D eigenvalue weighted by Gasteiger charge is 2.17. The van der Waals surface area contributed by atoms with Crippen molar-refractivity contribution >= 4 is 16.9 Å². The van der Waals surface area contributed by atoms with Gasteiger partial charge in [0.05, 0.1) is 0 Å². The predicted octanol–water partition coefficient (Wildman–Crippen LogP) is 2.16. The minimum atomic E-state index is -0.100. The molecule has 0 bridgehead atoms. The lowest BCUT2D eigenvalue weighted by Gasteiger charge is -2.18. The van der Waals surface area contributed by atoms with Crippen LogP contribution in [0.5, 0.6) is 0 Å². The maximum Gasteiger partial charge on any atom is 0.289 e. The molecule has 1 heterocycles. The second-order valence-corrected chi connectivity index (χ2v) is 4.33. The molecule has 4 nitrogen and oxygen atoms in total. The maximum absolute atomic E-state index is 12.2. The number of rotatable bonds is 4. The first-order chi connectivity index (χ1) is 8.65. The Balaban J connectivity index is 2.32. The SMILES string of the molecule is CCN(CCN)C(=O)c1cc2cc(C)ccc2o1. The van der Waals surface area contributed by atoms with E-state index in [1.54, 1.807) is 11.0 Å². The predicted molar refractivity (Wildman–Crippen MR) is 71.6 cm³/mol. The molecule has 0 atom stereocenters. The van der Waals surface area contributed by atoms with E-state index in [4.69, 9.17) is 10.2 Å². The van der Waals surface area contributed by atoms with Crippen LogP contribution in [0.2, 0.25) is 0 Å². The van der Waals surface area contributed by atoms with Crippen molar-refractivity contribution in [1.82, 2.24) is 4.90 Å². The van der Waals surface area contributed by atoms with Crippen LogP contribution in [0, 0.1) is 6.92 Å². The number of nitrogens with two attached hydrogens (primary N) is 1. The van der Waals surface area contributed by atoms with Gasteiger partial charge in [-0.2, -0.15) is 0 Å². The van der Waals surface area contributed by atoms with Gasteiger partial charge in [0, 0.05) is 25.0 Å². The van der Waals surface area contributed by atoms with Gasteiger partial charge in [-0.15, -0.1) is 0 Å². The molecule has 0 saturated heterocycles. The topological polar surface area (TPSA) is 59.5 Å². The minimum absolute atomic E-state index is 0.100. The second-order valence-electron chi connectivity index (χ2n) is 4.33. The third-order valence-corrected chi connectivity index (χ3v) is 2.95. The normalized spacial score (nSPS) is 10.8. The van der Waals surface area contributed by atoms with Gasteiger partial charge in [-0.05, 0) is 32.0 Å². The molecule has 2 aromatic rings. The molecule has 1 aromatic heterocycles. The second kappa shape index (κ2) is 5.23. The first-order valence-corrected chi connectivity index (χ1v) is 6.15. The Morgan fingerprint density at radius 1 is 1.39 bits per heavy atom. The Labute approximate surface area is 106 Å². The number of carbonyl (C=O) groups excluding carboxylic acids is 1. The van der Waals surface area contributed by atoms with E-state index in [-0.39, 0.29) is 5.91 Å². The number of likely N-dealkylation sites (N-methyl/N-ethyl adjacent to an activating group) is 1. The molecule has 0 fully saturated rings. The van der Waals surface area contributed by atoms with Crippen molar-refractivity contribution in [3.8, 4) is 0 Å². The van der Waals surface area contributed by atoms with Crippen molar-refractivity contribution in [2.24, 2.45) is 5.73 Å². The highest BCUT2D eigenvalue weighted by Crippen LogP contribution is 2.21. The summed E-state index contributed by atoms with van der Waals surface area (Å²) in [7, 11) is 0. The Morgan fingerprint density at radius 3 is 2.83 bits per heavy atom. The van der Waals surface area contributed by atoms with Gasteiger partial charge in [0.15, 0.2) is 5.76 Å². The highest BCUT2D eigenvalue weighted by molar-refractivity contribution is 5.96. The standard InChI is InChI=1S/C14H18N2O2/c1-3-16(7-6-15)14(17)13-9-11-8-10(2)4-5-12(11)18-13/h4-5,8-9H,3,6-7,15H2,1-2H3. The minimum Gasteiger partial charge on any atom is -0.451 e. The summed E-state index contributed by atoms with van der Waals surface area (Å²) in [6.45, 7) is 5.58. The molecule has 0 spiro atoms. The number of nitrogens with zero attached hydrogens (tertiary/aromatic N) is 1. The number of aryl methyl sites for hydroxylation is 1. The zero-order chi connectivity index (χ0) is 13.1. The number of benzene rings is 1. The summed E-state index contributed by atoms with van der Waals surface area (Å²) in [4.78, 5) is 13.9. The highest BCUT2D eigenvalue weighted by atomic mass is 16.3. The van der Waals surface area contributed by atoms with E-state index in [0.717, 1.165) is 16.5 Å². The fourth-order valence-electron chi connectivity index (χ4n) is 1.98. The first-order valence-electron chi connectivity index (χ1n) is 6.15. The van der Waals surface area contributed by atoms with E-state index in [1.165, 1.54) is 0 Å². The fourth-order valence-corrected chi connectivity index (χ4v) is 1.98. The molecule has 0 aliphatic rings. The summed E-state index contributed by atoms with van der Waals surface area (Å²) >= 11 is 0. The number of furan rings is 1. The molecule has 0 aliphatic carbocycles. The number of carbonyl (C=O) groups is 1. The molecule has 2 rings (SSSR count). The van der Waals surface area contributed by atoms with E-state index in [2.05, 4.69) is 0 Å². The van der Waals surface area contributed by atoms with Crippen LogP contribution in [-0.2, 0) is 0 Å². The van der Waals surface area contributed by atoms with Gasteiger partial charge in [-0.25, -0.2) is 0 Å². The summed E-state index contributed by atoms with van der Waals surface area (Å²) < 4.78 is 5.58. The fraction of sp³-hybridized carbons (Fsp3) is 0.357. The molecule has 0 radical (unpaired) electrons. The summed E-state index contributed by atoms with van der Waals surface area (Å²) in [6, 6.07) is 7.66. The van der Waals surface area contributed by atoms with Gasteiger partial charge >= 0.3 is 0 Å². The Morgan fingerprint density at radius 2 is 2.17 bits per heavy atom. The van der Waals surface area contributed by atoms with Crippen molar-refractivity contribution in [3.05, 3.63) is 35.6 Å². The number of hydrogen-bond donors (Lipinski definition) is 1. The Hall–Kier alpha value is -1.81. The summed E-state index contributed by atoms with van der Waals surface area (Å²) in [6.07, 6.45) is 0. The quantitative estimate of drug-likeness (QED) is 0.899. The van der Waals surface area contributed by atoms with Crippen LogP contribution in [0.1, 0.15) is 23.0 Å². The third-order valence-electron chi connectivity index (χ3n) is 2.95. The van der Waals surface area contributed by atoms with Crippen molar-refractivity contribution in [1.29, 1.82) is 0 Å². The van der Waals surface area contributed by atoms with Crippen molar-refractivity contribution in [3.63, 3.8) is 0 Å². The van der Waals surface area contributed by atoms with Crippen LogP contribution < -0.4 is 5.73 Å². The van der Waals surface area contributed by atoms with Crippen LogP contribution in [0.15, 0.2) is 28.7 Å². The lowest BCUT2D eigenvalue weighted by Crippen LogP contribution is -2.34. The molecule has 0 aliphatic heterocycles. The van der Waals surface area contributed by atoms with E-state index in [9.17, 15) is 4.79 Å². The van der Waals surface area contributed by atoms with E-state index in [1.807, 2.05) is 32.0 Å². The van der Waals surface area contributed by atoms with E-state index < -0.39 is 0 Å². The summed E-state index contributed by atoms with van der Waals surface area (Å²) in [5.41, 5.74) is 7.38. The maximum atomic E-state index is 12.2. The molecule has 1 aromatic carbocycles. The van der Waals surface area contributed by atoms with E-state index in [0.29, 0.717) is 25.4 Å². The number of amides is 1. The largest absolute Gasteiger partial charge is 0.451 e. The third kappa shape index (κ3) is 2.38. The molecule has 0 unspecified atom stereocenters. The Kier molecular flexibility index (Phi) is 3.67. The molecule has 2 N–H and O–H groups in total. The average Bonchev–Trinajstić information content (AvgIpc) is 2.77. The lowest BCUT2D eigenvalue weighted by molar-refractivity contribution is 0.0739. The molecule has 18 heavy (non-hydrogen) atoms. The summed E-state index contributed by atoms with van der Waals surface area (Å²) in [5, 5.41) is 0.960. The molecular weight excluding hydrogens is 228 g/mol. The van der Waals surface area contributed by atoms with Gasteiger partial charge in [-0.1, -0.05) is 11.6 Å². The lowest BCUT2D eigenvalue weighted by atomic mass is 10.2. The van der Waals surface area contributed by atoms with Crippen molar-refractivity contribution in [2.75, 3.05) is 19.6 Å². The molecule has 4 heteroatoms. The van der Waals surface area contributed by atoms with Crippen LogP contribution in [0.25, 0.3) is 11.0 Å². The Bertz CT molecular complexity index is 560. The number of fused-ring (bicyclic) bond motifs is 1. The molecule has 96 valence electrons. The zero-order valence-electron chi connectivity index (χ0n) is 10.8. The van der Waals surface area contributed by atoms with Gasteiger partial charge in [0.25, 0.3) is 5.91 Å². The van der Waals surface area contributed by atoms with Crippen LogP contribution >= 0.6 is 0 Å². The van der Waals surface area contributed by atoms with Crippen LogP contribution in [0.3, 0.4) is 0 Å².